The van der Waals surface area contributed by atoms with E-state index >= 15 is 0 Å². The van der Waals surface area contributed by atoms with Crippen LogP contribution in [0.3, 0.4) is 0 Å². The summed E-state index contributed by atoms with van der Waals surface area (Å²) in [5, 5.41) is 4.04. The molecular formula is C26H25N3O. The molecule has 2 aromatic heterocycles. The maximum absolute atomic E-state index is 12.9. The highest BCUT2D eigenvalue weighted by atomic mass is 16.1. The Bertz CT molecular complexity index is 1200. The molecule has 4 rings (SSSR count). The highest BCUT2D eigenvalue weighted by Crippen LogP contribution is 2.27. The van der Waals surface area contributed by atoms with Gasteiger partial charge in [-0.3, -0.25) is 9.78 Å². The van der Waals surface area contributed by atoms with Gasteiger partial charge in [0.25, 0.3) is 0 Å². The number of aromatic nitrogens is 2. The molecule has 1 amide bonds. The Balaban J connectivity index is 1.66. The van der Waals surface area contributed by atoms with Gasteiger partial charge in [-0.15, -0.1) is 0 Å². The fourth-order valence-electron chi connectivity index (χ4n) is 3.45. The number of H-pyrrole nitrogens is 1. The number of carbonyl (C=O) groups excluding carboxylic acids is 1. The highest BCUT2D eigenvalue weighted by molar-refractivity contribution is 6.06. The van der Waals surface area contributed by atoms with Crippen LogP contribution in [0.15, 0.2) is 85.3 Å². The van der Waals surface area contributed by atoms with Crippen LogP contribution in [0.4, 0.5) is 5.69 Å². The summed E-state index contributed by atoms with van der Waals surface area (Å²) in [7, 11) is 0. The fourth-order valence-corrected chi connectivity index (χ4v) is 3.45. The third kappa shape index (κ3) is 4.33. The van der Waals surface area contributed by atoms with Crippen LogP contribution in [0.5, 0.6) is 0 Å². The summed E-state index contributed by atoms with van der Waals surface area (Å²) in [6, 6.07) is 20.0. The van der Waals surface area contributed by atoms with Gasteiger partial charge in [-0.2, -0.15) is 0 Å². The van der Waals surface area contributed by atoms with Crippen LogP contribution in [-0.4, -0.2) is 15.9 Å². The zero-order valence-electron chi connectivity index (χ0n) is 17.4. The van der Waals surface area contributed by atoms with Crippen molar-refractivity contribution >= 4 is 28.1 Å². The van der Waals surface area contributed by atoms with E-state index in [1.54, 1.807) is 18.5 Å². The molecule has 0 saturated heterocycles. The third-order valence-corrected chi connectivity index (χ3v) is 5.13. The molecule has 2 N–H and O–H groups in total. The van der Waals surface area contributed by atoms with Gasteiger partial charge in [-0.25, -0.2) is 0 Å². The predicted octanol–water partition coefficient (Wildman–Crippen LogP) is 5.93. The molecule has 0 aliphatic rings. The first kappa shape index (κ1) is 19.6. The SMILES string of the molecule is CC(C)(C)c1ccc(C(=CC(=O)Nc2ccc3[nH]ccc3c2)c2cccnc2)cc1. The van der Waals surface area contributed by atoms with E-state index in [0.29, 0.717) is 0 Å². The zero-order chi connectivity index (χ0) is 21.1. The van der Waals surface area contributed by atoms with Crippen molar-refractivity contribution in [3.63, 3.8) is 0 Å². The molecule has 0 spiro atoms. The van der Waals surface area contributed by atoms with Crippen molar-refractivity contribution in [2.75, 3.05) is 5.32 Å². The van der Waals surface area contributed by atoms with Crippen molar-refractivity contribution in [1.82, 2.24) is 9.97 Å². The average Bonchev–Trinajstić information content (AvgIpc) is 3.20. The molecule has 0 unspecified atom stereocenters. The molecule has 0 saturated carbocycles. The smallest absolute Gasteiger partial charge is 0.249 e. The molecule has 0 aliphatic heterocycles. The van der Waals surface area contributed by atoms with Crippen molar-refractivity contribution in [1.29, 1.82) is 0 Å². The lowest BCUT2D eigenvalue weighted by molar-refractivity contribution is -0.111. The van der Waals surface area contributed by atoms with Crippen LogP contribution >= 0.6 is 0 Å². The maximum Gasteiger partial charge on any atom is 0.249 e. The first-order valence-electron chi connectivity index (χ1n) is 10.0. The first-order valence-corrected chi connectivity index (χ1v) is 10.0. The number of pyridine rings is 1. The molecular weight excluding hydrogens is 370 g/mol. The average molecular weight is 396 g/mol. The summed E-state index contributed by atoms with van der Waals surface area (Å²) in [6.07, 6.45) is 7.04. The lowest BCUT2D eigenvalue weighted by atomic mass is 9.86. The number of fused-ring (bicyclic) bond motifs is 1. The number of benzene rings is 2. The van der Waals surface area contributed by atoms with Gasteiger partial charge >= 0.3 is 0 Å². The zero-order valence-corrected chi connectivity index (χ0v) is 17.4. The van der Waals surface area contributed by atoms with Crippen molar-refractivity contribution in [3.05, 3.63) is 102 Å². The summed E-state index contributed by atoms with van der Waals surface area (Å²) in [6.45, 7) is 6.57. The standard InChI is InChI=1S/C26H25N3O/c1-26(2,3)21-8-6-18(7-9-21)23(20-5-4-13-27-17-20)16-25(30)29-22-10-11-24-19(15-22)12-14-28-24/h4-17,28H,1-3H3,(H,29,30). The Morgan fingerprint density at radius 2 is 1.80 bits per heavy atom. The summed E-state index contributed by atoms with van der Waals surface area (Å²) >= 11 is 0. The monoisotopic (exact) mass is 395 g/mol. The van der Waals surface area contributed by atoms with Crippen molar-refractivity contribution in [2.45, 2.75) is 26.2 Å². The second-order valence-electron chi connectivity index (χ2n) is 8.40. The molecule has 4 aromatic rings. The summed E-state index contributed by atoms with van der Waals surface area (Å²) in [5.41, 5.74) is 5.84. The third-order valence-electron chi connectivity index (χ3n) is 5.13. The number of nitrogens with zero attached hydrogens (tertiary/aromatic N) is 1. The van der Waals surface area contributed by atoms with E-state index in [2.05, 4.69) is 60.3 Å². The van der Waals surface area contributed by atoms with Gasteiger partial charge in [0.05, 0.1) is 0 Å². The number of carbonyl (C=O) groups is 1. The van der Waals surface area contributed by atoms with E-state index < -0.39 is 0 Å². The molecule has 0 fully saturated rings. The van der Waals surface area contributed by atoms with E-state index in [-0.39, 0.29) is 11.3 Å². The van der Waals surface area contributed by atoms with Gasteiger partial charge in [0.2, 0.25) is 5.91 Å². The van der Waals surface area contributed by atoms with E-state index in [1.165, 1.54) is 5.56 Å². The number of aromatic amines is 1. The lowest BCUT2D eigenvalue weighted by Gasteiger charge is -2.19. The van der Waals surface area contributed by atoms with Gasteiger partial charge in [0, 0.05) is 46.8 Å². The number of hydrogen-bond acceptors (Lipinski definition) is 2. The summed E-state index contributed by atoms with van der Waals surface area (Å²) < 4.78 is 0. The Morgan fingerprint density at radius 3 is 2.50 bits per heavy atom. The maximum atomic E-state index is 12.9. The quantitative estimate of drug-likeness (QED) is 0.421. The number of amides is 1. The van der Waals surface area contributed by atoms with Crippen LogP contribution in [-0.2, 0) is 10.2 Å². The number of nitrogens with one attached hydrogen (secondary N) is 2. The minimum absolute atomic E-state index is 0.0744. The Hall–Kier alpha value is -3.66. The van der Waals surface area contributed by atoms with E-state index in [9.17, 15) is 4.79 Å². The molecule has 0 atom stereocenters. The van der Waals surface area contributed by atoms with Crippen molar-refractivity contribution < 1.29 is 4.79 Å². The van der Waals surface area contributed by atoms with Gasteiger partial charge in [0.1, 0.15) is 0 Å². The largest absolute Gasteiger partial charge is 0.361 e. The summed E-state index contributed by atoms with van der Waals surface area (Å²) in [5.74, 6) is -0.177. The van der Waals surface area contributed by atoms with Crippen molar-refractivity contribution in [3.8, 4) is 0 Å². The van der Waals surface area contributed by atoms with Crippen LogP contribution in [0, 0.1) is 0 Å². The first-order chi connectivity index (χ1) is 14.4. The lowest BCUT2D eigenvalue weighted by Crippen LogP contribution is -2.11. The number of rotatable bonds is 4. The molecule has 150 valence electrons. The van der Waals surface area contributed by atoms with E-state index in [1.807, 2.05) is 42.6 Å². The van der Waals surface area contributed by atoms with Gasteiger partial charge in [-0.05, 0) is 52.4 Å². The molecule has 0 radical (unpaired) electrons. The Labute approximate surface area is 176 Å². The van der Waals surface area contributed by atoms with E-state index in [4.69, 9.17) is 0 Å². The van der Waals surface area contributed by atoms with Crippen LogP contribution in [0.1, 0.15) is 37.5 Å². The van der Waals surface area contributed by atoms with Gasteiger partial charge in [0.15, 0.2) is 0 Å². The Kier molecular flexibility index (Phi) is 5.23. The molecule has 4 heteroatoms. The highest BCUT2D eigenvalue weighted by Gasteiger charge is 2.15. The van der Waals surface area contributed by atoms with Crippen molar-refractivity contribution in [2.24, 2.45) is 0 Å². The number of anilines is 1. The van der Waals surface area contributed by atoms with Crippen LogP contribution in [0.25, 0.3) is 16.5 Å². The van der Waals surface area contributed by atoms with E-state index in [0.717, 1.165) is 33.3 Å². The second-order valence-corrected chi connectivity index (χ2v) is 8.40. The molecule has 2 heterocycles. The minimum Gasteiger partial charge on any atom is -0.361 e. The topological polar surface area (TPSA) is 57.8 Å². The molecule has 2 aromatic carbocycles. The number of hydrogen-bond donors (Lipinski definition) is 2. The predicted molar refractivity (Wildman–Crippen MR) is 123 cm³/mol. The normalized spacial score (nSPS) is 12.2. The van der Waals surface area contributed by atoms with Crippen LogP contribution in [0.2, 0.25) is 0 Å². The minimum atomic E-state index is -0.177. The van der Waals surface area contributed by atoms with Crippen LogP contribution < -0.4 is 5.32 Å². The van der Waals surface area contributed by atoms with Gasteiger partial charge < -0.3 is 10.3 Å². The molecule has 0 aliphatic carbocycles. The fraction of sp³-hybridized carbons (Fsp3) is 0.154. The second kappa shape index (κ2) is 7.99. The molecule has 4 nitrogen and oxygen atoms in total. The van der Waals surface area contributed by atoms with Gasteiger partial charge in [-0.1, -0.05) is 51.1 Å². The summed E-state index contributed by atoms with van der Waals surface area (Å²) in [4.78, 5) is 20.2. The Morgan fingerprint density at radius 1 is 1.00 bits per heavy atom. The molecule has 30 heavy (non-hydrogen) atoms. The molecule has 0 bridgehead atoms.